The maximum atomic E-state index is 11.2. The lowest BCUT2D eigenvalue weighted by atomic mass is 9.96. The molecule has 5 heteroatoms. The van der Waals surface area contributed by atoms with Gasteiger partial charge in [-0.15, -0.1) is 0 Å². The van der Waals surface area contributed by atoms with Crippen LogP contribution in [0, 0.1) is 13.8 Å². The molecule has 0 aliphatic heterocycles. The van der Waals surface area contributed by atoms with Crippen LogP contribution in [0.25, 0.3) is 0 Å². The van der Waals surface area contributed by atoms with E-state index in [2.05, 4.69) is 10.6 Å². The van der Waals surface area contributed by atoms with Gasteiger partial charge in [0.05, 0.1) is 0 Å². The number of aliphatic hydroxyl groups is 1. The van der Waals surface area contributed by atoms with Crippen LogP contribution >= 0.6 is 0 Å². The molecule has 1 unspecified atom stereocenters. The van der Waals surface area contributed by atoms with Gasteiger partial charge in [0.15, 0.2) is 0 Å². The third-order valence-electron chi connectivity index (χ3n) is 3.73. The minimum Gasteiger partial charge on any atom is -0.466 e. The Labute approximate surface area is 136 Å². The van der Waals surface area contributed by atoms with Crippen molar-refractivity contribution < 1.29 is 14.3 Å². The van der Waals surface area contributed by atoms with Gasteiger partial charge < -0.3 is 20.2 Å². The monoisotopic (exact) mass is 316 g/mol. The molecule has 0 spiro atoms. The normalized spacial score (nSPS) is 13.6. The Hall–Kier alpha value is -2.11. The maximum Gasteiger partial charge on any atom is 0.221 e. The molecule has 124 valence electrons. The quantitative estimate of drug-likeness (QED) is 0.766. The average Bonchev–Trinajstić information content (AvgIpc) is 2.80. The van der Waals surface area contributed by atoms with Gasteiger partial charge in [0.1, 0.15) is 17.1 Å². The molecule has 1 heterocycles. The predicted octanol–water partition coefficient (Wildman–Crippen LogP) is 2.85. The molecule has 1 aromatic carbocycles. The average molecular weight is 316 g/mol. The fourth-order valence-corrected chi connectivity index (χ4v) is 2.69. The summed E-state index contributed by atoms with van der Waals surface area (Å²) in [7, 11) is 0. The fourth-order valence-electron chi connectivity index (χ4n) is 2.69. The first-order chi connectivity index (χ1) is 10.8. The van der Waals surface area contributed by atoms with Crippen molar-refractivity contribution in [3.8, 4) is 0 Å². The van der Waals surface area contributed by atoms with Crippen molar-refractivity contribution in [2.24, 2.45) is 0 Å². The number of hydrogen-bond donors (Lipinski definition) is 3. The number of amides is 1. The summed E-state index contributed by atoms with van der Waals surface area (Å²) in [5.74, 6) is 1.41. The Balaban J connectivity index is 2.02. The Bertz CT molecular complexity index is 689. The van der Waals surface area contributed by atoms with Crippen LogP contribution in [0.4, 0.5) is 5.69 Å². The molecule has 0 fully saturated rings. The number of rotatable bonds is 6. The van der Waals surface area contributed by atoms with Crippen molar-refractivity contribution in [2.45, 2.75) is 39.8 Å². The first-order valence-corrected chi connectivity index (χ1v) is 7.65. The summed E-state index contributed by atoms with van der Waals surface area (Å²) < 4.78 is 5.49. The van der Waals surface area contributed by atoms with Crippen molar-refractivity contribution in [3.05, 3.63) is 53.0 Å². The summed E-state index contributed by atoms with van der Waals surface area (Å²) in [6.07, 6.45) is 0. The van der Waals surface area contributed by atoms with Crippen molar-refractivity contribution in [2.75, 3.05) is 11.9 Å². The van der Waals surface area contributed by atoms with Gasteiger partial charge in [-0.2, -0.15) is 0 Å². The van der Waals surface area contributed by atoms with Crippen molar-refractivity contribution >= 4 is 11.6 Å². The predicted molar refractivity (Wildman–Crippen MR) is 90.2 cm³/mol. The topological polar surface area (TPSA) is 74.5 Å². The number of hydrogen-bond acceptors (Lipinski definition) is 4. The Morgan fingerprint density at radius 2 is 2.00 bits per heavy atom. The second kappa shape index (κ2) is 6.98. The molecule has 0 saturated heterocycles. The summed E-state index contributed by atoms with van der Waals surface area (Å²) in [4.78, 5) is 11.2. The van der Waals surface area contributed by atoms with Gasteiger partial charge >= 0.3 is 0 Å². The second-order valence-corrected chi connectivity index (χ2v) is 6.04. The highest BCUT2D eigenvalue weighted by atomic mass is 16.3. The lowest BCUT2D eigenvalue weighted by molar-refractivity contribution is -0.114. The Kier molecular flexibility index (Phi) is 5.23. The number of carbonyl (C=O) groups excluding carboxylic acids is 1. The van der Waals surface area contributed by atoms with Crippen LogP contribution in [0.15, 0.2) is 34.7 Å². The van der Waals surface area contributed by atoms with Crippen LogP contribution in [-0.4, -0.2) is 17.6 Å². The number of nitrogens with one attached hydrogen (secondary N) is 2. The molecule has 23 heavy (non-hydrogen) atoms. The van der Waals surface area contributed by atoms with E-state index in [1.54, 1.807) is 6.92 Å². The summed E-state index contributed by atoms with van der Waals surface area (Å²) in [6, 6.07) is 9.47. The standard InChI is InChI=1S/C18H24N2O3/c1-12-9-16(13(2)23-12)18(4,22)11-19-10-15-7-5-6-8-17(15)20-14(3)21/h5-9,19,22H,10-11H2,1-4H3,(H,20,21). The SMILES string of the molecule is CC(=O)Nc1ccccc1CNCC(C)(O)c1cc(C)oc1C. The van der Waals surface area contributed by atoms with E-state index < -0.39 is 5.60 Å². The van der Waals surface area contributed by atoms with Crippen LogP contribution < -0.4 is 10.6 Å². The summed E-state index contributed by atoms with van der Waals surface area (Å²) >= 11 is 0. The summed E-state index contributed by atoms with van der Waals surface area (Å²) in [6.45, 7) is 7.88. The third-order valence-corrected chi connectivity index (χ3v) is 3.73. The Morgan fingerprint density at radius 3 is 2.61 bits per heavy atom. The van der Waals surface area contributed by atoms with E-state index >= 15 is 0 Å². The molecule has 5 nitrogen and oxygen atoms in total. The Morgan fingerprint density at radius 1 is 1.30 bits per heavy atom. The van der Waals surface area contributed by atoms with E-state index in [4.69, 9.17) is 4.42 Å². The van der Waals surface area contributed by atoms with E-state index in [0.29, 0.717) is 13.1 Å². The highest BCUT2D eigenvalue weighted by molar-refractivity contribution is 5.89. The zero-order chi connectivity index (χ0) is 17.0. The summed E-state index contributed by atoms with van der Waals surface area (Å²) in [5.41, 5.74) is 1.52. The minimum atomic E-state index is -1.02. The number of benzene rings is 1. The lowest BCUT2D eigenvalue weighted by Crippen LogP contribution is -2.35. The lowest BCUT2D eigenvalue weighted by Gasteiger charge is -2.23. The second-order valence-electron chi connectivity index (χ2n) is 6.04. The van der Waals surface area contributed by atoms with Gasteiger partial charge in [-0.05, 0) is 38.5 Å². The molecule has 1 amide bonds. The molecule has 0 aliphatic carbocycles. The first kappa shape index (κ1) is 17.2. The number of furan rings is 1. The van der Waals surface area contributed by atoms with Gasteiger partial charge in [0.25, 0.3) is 0 Å². The van der Waals surface area contributed by atoms with Crippen molar-refractivity contribution in [3.63, 3.8) is 0 Å². The van der Waals surface area contributed by atoms with Gasteiger partial charge in [0, 0.05) is 31.3 Å². The molecule has 1 atom stereocenters. The number of anilines is 1. The van der Waals surface area contributed by atoms with Crippen LogP contribution in [-0.2, 0) is 16.9 Å². The van der Waals surface area contributed by atoms with E-state index in [1.165, 1.54) is 6.92 Å². The molecular weight excluding hydrogens is 292 g/mol. The molecule has 2 rings (SSSR count). The van der Waals surface area contributed by atoms with Crippen molar-refractivity contribution in [1.29, 1.82) is 0 Å². The number of para-hydroxylation sites is 1. The molecule has 1 aromatic heterocycles. The van der Waals surface area contributed by atoms with Gasteiger partial charge in [-0.25, -0.2) is 0 Å². The molecule has 0 radical (unpaired) electrons. The van der Waals surface area contributed by atoms with Crippen LogP contribution in [0.1, 0.15) is 36.5 Å². The maximum absolute atomic E-state index is 11.2. The molecule has 2 aromatic rings. The highest BCUT2D eigenvalue weighted by Gasteiger charge is 2.27. The van der Waals surface area contributed by atoms with E-state index in [0.717, 1.165) is 28.3 Å². The number of aryl methyl sites for hydroxylation is 2. The van der Waals surface area contributed by atoms with E-state index in [-0.39, 0.29) is 5.91 Å². The van der Waals surface area contributed by atoms with E-state index in [1.807, 2.05) is 44.2 Å². The largest absolute Gasteiger partial charge is 0.466 e. The van der Waals surface area contributed by atoms with Crippen LogP contribution in [0.5, 0.6) is 0 Å². The zero-order valence-electron chi connectivity index (χ0n) is 14.1. The molecule has 0 bridgehead atoms. The highest BCUT2D eigenvalue weighted by Crippen LogP contribution is 2.26. The number of carbonyl (C=O) groups is 1. The minimum absolute atomic E-state index is 0.103. The van der Waals surface area contributed by atoms with E-state index in [9.17, 15) is 9.90 Å². The fraction of sp³-hybridized carbons (Fsp3) is 0.389. The molecule has 0 aliphatic rings. The molecular formula is C18H24N2O3. The van der Waals surface area contributed by atoms with Crippen LogP contribution in [0.3, 0.4) is 0 Å². The summed E-state index contributed by atoms with van der Waals surface area (Å²) in [5, 5.41) is 16.7. The van der Waals surface area contributed by atoms with Crippen molar-refractivity contribution in [1.82, 2.24) is 5.32 Å². The third kappa shape index (κ3) is 4.43. The van der Waals surface area contributed by atoms with Gasteiger partial charge in [-0.3, -0.25) is 4.79 Å². The first-order valence-electron chi connectivity index (χ1n) is 7.65. The van der Waals surface area contributed by atoms with Gasteiger partial charge in [0.2, 0.25) is 5.91 Å². The smallest absolute Gasteiger partial charge is 0.221 e. The molecule has 0 saturated carbocycles. The van der Waals surface area contributed by atoms with Gasteiger partial charge in [-0.1, -0.05) is 18.2 Å². The molecule has 3 N–H and O–H groups in total. The van der Waals surface area contributed by atoms with Crippen LogP contribution in [0.2, 0.25) is 0 Å². The zero-order valence-corrected chi connectivity index (χ0v) is 14.1.